The Bertz CT molecular complexity index is 204. The van der Waals surface area contributed by atoms with E-state index in [4.69, 9.17) is 4.74 Å². The van der Waals surface area contributed by atoms with E-state index in [9.17, 15) is 4.79 Å². The highest BCUT2D eigenvalue weighted by Crippen LogP contribution is 2.25. The molecule has 4 heteroatoms. The van der Waals surface area contributed by atoms with E-state index in [1.54, 1.807) is 0 Å². The number of esters is 1. The number of fused-ring (bicyclic) bond motifs is 2. The van der Waals surface area contributed by atoms with E-state index in [0.29, 0.717) is 25.2 Å². The fourth-order valence-corrected chi connectivity index (χ4v) is 2.48. The van der Waals surface area contributed by atoms with Crippen LogP contribution in [0.25, 0.3) is 0 Å². The van der Waals surface area contributed by atoms with Gasteiger partial charge in [0.05, 0.1) is 13.2 Å². The summed E-state index contributed by atoms with van der Waals surface area (Å²) in [6.07, 6.45) is 2.44. The second kappa shape index (κ2) is 4.28. The van der Waals surface area contributed by atoms with Gasteiger partial charge in [0.2, 0.25) is 0 Å². The van der Waals surface area contributed by atoms with E-state index >= 15 is 0 Å². The molecule has 0 amide bonds. The quantitative estimate of drug-likeness (QED) is 0.647. The van der Waals surface area contributed by atoms with Crippen molar-refractivity contribution < 1.29 is 9.53 Å². The summed E-state index contributed by atoms with van der Waals surface area (Å²) in [6.45, 7) is 4.86. The molecule has 2 saturated heterocycles. The summed E-state index contributed by atoms with van der Waals surface area (Å²) < 4.78 is 4.97. The number of carbonyl (C=O) groups excluding carboxylic acids is 1. The van der Waals surface area contributed by atoms with Crippen LogP contribution >= 0.6 is 0 Å². The van der Waals surface area contributed by atoms with Crippen LogP contribution in [0.1, 0.15) is 19.8 Å². The fourth-order valence-electron chi connectivity index (χ4n) is 2.48. The zero-order valence-corrected chi connectivity index (χ0v) is 8.66. The summed E-state index contributed by atoms with van der Waals surface area (Å²) in [5.74, 6) is -0.0775. The first-order valence-electron chi connectivity index (χ1n) is 5.43. The first-order chi connectivity index (χ1) is 6.81. The molecule has 2 rings (SSSR count). The Morgan fingerprint density at radius 2 is 2.07 bits per heavy atom. The van der Waals surface area contributed by atoms with Gasteiger partial charge in [-0.05, 0) is 19.8 Å². The Morgan fingerprint density at radius 3 is 2.64 bits per heavy atom. The van der Waals surface area contributed by atoms with Crippen molar-refractivity contribution in [3.05, 3.63) is 0 Å². The fraction of sp³-hybridized carbons (Fsp3) is 0.900. The van der Waals surface area contributed by atoms with Crippen LogP contribution in [0, 0.1) is 0 Å². The second-order valence-corrected chi connectivity index (χ2v) is 4.02. The van der Waals surface area contributed by atoms with E-state index in [0.717, 1.165) is 13.1 Å². The number of nitrogens with one attached hydrogen (secondary N) is 1. The molecule has 0 spiro atoms. The molecular weight excluding hydrogens is 180 g/mol. The number of ether oxygens (including phenoxy) is 1. The van der Waals surface area contributed by atoms with Crippen molar-refractivity contribution in [2.24, 2.45) is 0 Å². The molecule has 0 aromatic heterocycles. The Morgan fingerprint density at radius 1 is 1.43 bits per heavy atom. The topological polar surface area (TPSA) is 41.6 Å². The minimum absolute atomic E-state index is 0.0775. The SMILES string of the molecule is CCOC(=O)CN1C2CCC1CNC2. The maximum absolute atomic E-state index is 11.3. The van der Waals surface area contributed by atoms with Crippen molar-refractivity contribution in [3.8, 4) is 0 Å². The van der Waals surface area contributed by atoms with Crippen molar-refractivity contribution in [2.45, 2.75) is 31.8 Å². The lowest BCUT2D eigenvalue weighted by atomic mass is 10.2. The van der Waals surface area contributed by atoms with Crippen LogP contribution in [-0.2, 0) is 9.53 Å². The normalized spacial score (nSPS) is 31.8. The number of nitrogens with zero attached hydrogens (tertiary/aromatic N) is 1. The zero-order valence-electron chi connectivity index (χ0n) is 8.66. The van der Waals surface area contributed by atoms with Gasteiger partial charge >= 0.3 is 5.97 Å². The molecule has 4 nitrogen and oxygen atoms in total. The summed E-state index contributed by atoms with van der Waals surface area (Å²) in [4.78, 5) is 13.6. The van der Waals surface area contributed by atoms with Gasteiger partial charge in [0, 0.05) is 25.2 Å². The predicted octanol–water partition coefficient (Wildman–Crippen LogP) is -0.0143. The Hall–Kier alpha value is -0.610. The summed E-state index contributed by atoms with van der Waals surface area (Å²) in [5, 5.41) is 3.39. The molecule has 2 heterocycles. The summed E-state index contributed by atoms with van der Waals surface area (Å²) in [5.41, 5.74) is 0. The van der Waals surface area contributed by atoms with E-state index in [2.05, 4.69) is 10.2 Å². The molecule has 0 aliphatic carbocycles. The van der Waals surface area contributed by atoms with Crippen LogP contribution in [0.3, 0.4) is 0 Å². The highest BCUT2D eigenvalue weighted by Gasteiger charge is 2.37. The van der Waals surface area contributed by atoms with Gasteiger partial charge < -0.3 is 10.1 Å². The zero-order chi connectivity index (χ0) is 9.97. The lowest BCUT2D eigenvalue weighted by molar-refractivity contribution is -0.145. The molecule has 2 aliphatic rings. The van der Waals surface area contributed by atoms with Crippen LogP contribution in [0.5, 0.6) is 0 Å². The van der Waals surface area contributed by atoms with Gasteiger partial charge in [0.25, 0.3) is 0 Å². The number of hydrogen-bond donors (Lipinski definition) is 1. The van der Waals surface area contributed by atoms with E-state index < -0.39 is 0 Å². The Labute approximate surface area is 84.6 Å². The Kier molecular flexibility index (Phi) is 3.03. The van der Waals surface area contributed by atoms with E-state index in [1.807, 2.05) is 6.92 Å². The molecule has 0 aromatic carbocycles. The second-order valence-electron chi connectivity index (χ2n) is 4.02. The molecular formula is C10H18N2O2. The van der Waals surface area contributed by atoms with Crippen molar-refractivity contribution in [3.63, 3.8) is 0 Å². The summed E-state index contributed by atoms with van der Waals surface area (Å²) >= 11 is 0. The average molecular weight is 198 g/mol. The molecule has 0 aromatic rings. The molecule has 2 aliphatic heterocycles. The minimum atomic E-state index is -0.0775. The highest BCUT2D eigenvalue weighted by atomic mass is 16.5. The van der Waals surface area contributed by atoms with Crippen LogP contribution in [0.15, 0.2) is 0 Å². The third-order valence-corrected chi connectivity index (χ3v) is 3.15. The standard InChI is InChI=1S/C10H18N2O2/c1-2-14-10(13)7-12-8-3-4-9(12)6-11-5-8/h8-9,11H,2-7H2,1H3. The van der Waals surface area contributed by atoms with Gasteiger partial charge in [-0.2, -0.15) is 0 Å². The lowest BCUT2D eigenvalue weighted by Crippen LogP contribution is -2.53. The van der Waals surface area contributed by atoms with Crippen molar-refractivity contribution >= 4 is 5.97 Å². The van der Waals surface area contributed by atoms with Gasteiger partial charge in [0.15, 0.2) is 0 Å². The van der Waals surface area contributed by atoms with Crippen LogP contribution in [0.2, 0.25) is 0 Å². The molecule has 1 N–H and O–H groups in total. The van der Waals surface area contributed by atoms with Crippen LogP contribution in [0.4, 0.5) is 0 Å². The van der Waals surface area contributed by atoms with Gasteiger partial charge in [-0.15, -0.1) is 0 Å². The largest absolute Gasteiger partial charge is 0.465 e. The third-order valence-electron chi connectivity index (χ3n) is 3.15. The van der Waals surface area contributed by atoms with Crippen molar-refractivity contribution in [1.82, 2.24) is 10.2 Å². The molecule has 80 valence electrons. The van der Waals surface area contributed by atoms with E-state index in [-0.39, 0.29) is 5.97 Å². The number of carbonyl (C=O) groups is 1. The van der Waals surface area contributed by atoms with Crippen molar-refractivity contribution in [1.29, 1.82) is 0 Å². The highest BCUT2D eigenvalue weighted by molar-refractivity contribution is 5.71. The maximum atomic E-state index is 11.3. The lowest BCUT2D eigenvalue weighted by Gasteiger charge is -2.34. The molecule has 2 atom stereocenters. The number of hydrogen-bond acceptors (Lipinski definition) is 4. The molecule has 2 fully saturated rings. The minimum Gasteiger partial charge on any atom is -0.465 e. The average Bonchev–Trinajstić information content (AvgIpc) is 2.41. The van der Waals surface area contributed by atoms with Crippen LogP contribution in [-0.4, -0.2) is 49.2 Å². The summed E-state index contributed by atoms with van der Waals surface area (Å²) in [7, 11) is 0. The van der Waals surface area contributed by atoms with E-state index in [1.165, 1.54) is 12.8 Å². The first-order valence-corrected chi connectivity index (χ1v) is 5.43. The molecule has 0 saturated carbocycles. The third kappa shape index (κ3) is 1.91. The Balaban J connectivity index is 1.88. The molecule has 0 radical (unpaired) electrons. The van der Waals surface area contributed by atoms with Crippen LogP contribution < -0.4 is 5.32 Å². The van der Waals surface area contributed by atoms with Gasteiger partial charge in [-0.1, -0.05) is 0 Å². The maximum Gasteiger partial charge on any atom is 0.320 e. The van der Waals surface area contributed by atoms with Gasteiger partial charge in [-0.25, -0.2) is 0 Å². The molecule has 2 unspecified atom stereocenters. The number of rotatable bonds is 3. The predicted molar refractivity (Wildman–Crippen MR) is 53.0 cm³/mol. The smallest absolute Gasteiger partial charge is 0.320 e. The van der Waals surface area contributed by atoms with Gasteiger partial charge in [-0.3, -0.25) is 9.69 Å². The van der Waals surface area contributed by atoms with Crippen molar-refractivity contribution in [2.75, 3.05) is 26.2 Å². The summed E-state index contributed by atoms with van der Waals surface area (Å²) in [6, 6.07) is 1.11. The molecule has 14 heavy (non-hydrogen) atoms. The number of piperazine rings is 1. The monoisotopic (exact) mass is 198 g/mol. The first kappa shape index (κ1) is 9.93. The van der Waals surface area contributed by atoms with Gasteiger partial charge in [0.1, 0.15) is 0 Å². The molecule has 2 bridgehead atoms.